The Morgan fingerprint density at radius 2 is 1.28 bits per heavy atom. The average Bonchev–Trinajstić information content (AvgIpc) is 2.25. The highest BCUT2D eigenvalue weighted by Crippen LogP contribution is 2.37. The number of ether oxygens (including phenoxy) is 1. The molecule has 0 amide bonds. The zero-order valence-electron chi connectivity index (χ0n) is 9.49. The van der Waals surface area contributed by atoms with Crippen LogP contribution in [-0.4, -0.2) is 7.11 Å². The predicted molar refractivity (Wildman–Crippen MR) is 51.9 cm³/mol. The Labute approximate surface area is 99.4 Å². The molecule has 1 aromatic rings. The largest absolute Gasteiger partial charge is 0.416 e. The summed E-state index contributed by atoms with van der Waals surface area (Å²) >= 11 is 0. The van der Waals surface area contributed by atoms with Crippen molar-refractivity contribution in [3.05, 3.63) is 34.9 Å². The SMILES string of the molecule is CO[C@H](C)c1cc(C(F)(F)F)cc(C(F)(F)F)c1. The minimum atomic E-state index is -4.83. The highest BCUT2D eigenvalue weighted by Gasteiger charge is 2.37. The fraction of sp³-hybridized carbons (Fsp3) is 0.455. The first-order valence-corrected chi connectivity index (χ1v) is 4.88. The average molecular weight is 272 g/mol. The Kier molecular flexibility index (Phi) is 3.95. The molecule has 0 aliphatic rings. The van der Waals surface area contributed by atoms with E-state index in [9.17, 15) is 26.3 Å². The first-order chi connectivity index (χ1) is 8.05. The van der Waals surface area contributed by atoms with E-state index in [2.05, 4.69) is 0 Å². The summed E-state index contributed by atoms with van der Waals surface area (Å²) in [6.45, 7) is 1.37. The summed E-state index contributed by atoms with van der Waals surface area (Å²) in [7, 11) is 1.21. The van der Waals surface area contributed by atoms with Gasteiger partial charge in [-0.15, -0.1) is 0 Å². The molecule has 0 unspecified atom stereocenters. The van der Waals surface area contributed by atoms with Gasteiger partial charge in [0, 0.05) is 7.11 Å². The summed E-state index contributed by atoms with van der Waals surface area (Å²) in [4.78, 5) is 0. The summed E-state index contributed by atoms with van der Waals surface area (Å²) in [5, 5.41) is 0. The first kappa shape index (κ1) is 14.8. The molecular weight excluding hydrogens is 262 g/mol. The second kappa shape index (κ2) is 4.79. The van der Waals surface area contributed by atoms with E-state index in [0.717, 1.165) is 0 Å². The van der Waals surface area contributed by atoms with Gasteiger partial charge in [-0.05, 0) is 30.7 Å². The van der Waals surface area contributed by atoms with Gasteiger partial charge in [-0.2, -0.15) is 26.3 Å². The van der Waals surface area contributed by atoms with E-state index in [1.165, 1.54) is 14.0 Å². The molecule has 0 spiro atoms. The standard InChI is InChI=1S/C11H10F6O/c1-6(18-2)7-3-8(10(12,13)14)5-9(4-7)11(15,16)17/h3-6H,1-2H3/t6-/m1/s1. The maximum atomic E-state index is 12.5. The van der Waals surface area contributed by atoms with Gasteiger partial charge in [0.15, 0.2) is 0 Å². The van der Waals surface area contributed by atoms with Gasteiger partial charge in [0.2, 0.25) is 0 Å². The number of alkyl halides is 6. The third-order valence-electron chi connectivity index (χ3n) is 2.43. The van der Waals surface area contributed by atoms with Crippen LogP contribution in [0.1, 0.15) is 29.7 Å². The van der Waals surface area contributed by atoms with Crippen LogP contribution in [0.15, 0.2) is 18.2 Å². The molecule has 0 heterocycles. The summed E-state index contributed by atoms with van der Waals surface area (Å²) in [6, 6.07) is 1.40. The third-order valence-corrected chi connectivity index (χ3v) is 2.43. The van der Waals surface area contributed by atoms with Crippen molar-refractivity contribution in [1.82, 2.24) is 0 Å². The molecule has 1 aromatic carbocycles. The van der Waals surface area contributed by atoms with Gasteiger partial charge in [-0.25, -0.2) is 0 Å². The van der Waals surface area contributed by atoms with Crippen molar-refractivity contribution in [2.45, 2.75) is 25.4 Å². The quantitative estimate of drug-likeness (QED) is 0.723. The van der Waals surface area contributed by atoms with E-state index in [1.54, 1.807) is 0 Å². The number of methoxy groups -OCH3 is 1. The molecule has 1 nitrogen and oxygen atoms in total. The normalized spacial score (nSPS) is 14.7. The van der Waals surface area contributed by atoms with E-state index in [-0.39, 0.29) is 11.6 Å². The van der Waals surface area contributed by atoms with Crippen LogP contribution in [0.3, 0.4) is 0 Å². The summed E-state index contributed by atoms with van der Waals surface area (Å²) < 4.78 is 79.7. The maximum Gasteiger partial charge on any atom is 0.416 e. The van der Waals surface area contributed by atoms with Crippen molar-refractivity contribution in [3.63, 3.8) is 0 Å². The Morgan fingerprint density at radius 3 is 1.56 bits per heavy atom. The molecular formula is C11H10F6O. The van der Waals surface area contributed by atoms with Crippen LogP contribution < -0.4 is 0 Å². The van der Waals surface area contributed by atoms with E-state index in [0.29, 0.717) is 12.1 Å². The number of rotatable bonds is 2. The van der Waals surface area contributed by atoms with Crippen LogP contribution in [0.25, 0.3) is 0 Å². The van der Waals surface area contributed by atoms with E-state index < -0.39 is 29.6 Å². The molecule has 0 aromatic heterocycles. The predicted octanol–water partition coefficient (Wildman–Crippen LogP) is 4.43. The van der Waals surface area contributed by atoms with E-state index >= 15 is 0 Å². The Balaban J connectivity index is 3.39. The second-order valence-electron chi connectivity index (χ2n) is 3.72. The minimum Gasteiger partial charge on any atom is -0.377 e. The molecule has 7 heteroatoms. The number of hydrogen-bond acceptors (Lipinski definition) is 1. The lowest BCUT2D eigenvalue weighted by Crippen LogP contribution is -2.12. The summed E-state index contributed by atoms with van der Waals surface area (Å²) in [6.07, 6.45) is -10.5. The smallest absolute Gasteiger partial charge is 0.377 e. The zero-order valence-corrected chi connectivity index (χ0v) is 9.49. The van der Waals surface area contributed by atoms with Crippen molar-refractivity contribution in [2.75, 3.05) is 7.11 Å². The van der Waals surface area contributed by atoms with Crippen LogP contribution in [0.5, 0.6) is 0 Å². The number of halogens is 6. The van der Waals surface area contributed by atoms with Crippen LogP contribution in [0, 0.1) is 0 Å². The Bertz CT molecular complexity index is 388. The topological polar surface area (TPSA) is 9.23 Å². The Hall–Kier alpha value is -1.24. The number of benzene rings is 1. The minimum absolute atomic E-state index is 0.0892. The molecule has 0 bridgehead atoms. The maximum absolute atomic E-state index is 12.5. The molecule has 0 N–H and O–H groups in total. The third kappa shape index (κ3) is 3.38. The molecule has 0 saturated carbocycles. The summed E-state index contributed by atoms with van der Waals surface area (Å²) in [5.74, 6) is 0. The van der Waals surface area contributed by atoms with Gasteiger partial charge in [-0.3, -0.25) is 0 Å². The van der Waals surface area contributed by atoms with Gasteiger partial charge in [0.1, 0.15) is 0 Å². The van der Waals surface area contributed by atoms with Crippen molar-refractivity contribution in [2.24, 2.45) is 0 Å². The van der Waals surface area contributed by atoms with Crippen LogP contribution in [0.2, 0.25) is 0 Å². The molecule has 102 valence electrons. The number of hydrogen-bond donors (Lipinski definition) is 0. The molecule has 0 aliphatic heterocycles. The molecule has 0 aliphatic carbocycles. The first-order valence-electron chi connectivity index (χ1n) is 4.88. The molecule has 1 rings (SSSR count). The lowest BCUT2D eigenvalue weighted by molar-refractivity contribution is -0.143. The van der Waals surface area contributed by atoms with E-state index in [1.807, 2.05) is 0 Å². The fourth-order valence-corrected chi connectivity index (χ4v) is 1.35. The van der Waals surface area contributed by atoms with Crippen molar-refractivity contribution in [3.8, 4) is 0 Å². The fourth-order valence-electron chi connectivity index (χ4n) is 1.35. The van der Waals surface area contributed by atoms with Gasteiger partial charge in [0.25, 0.3) is 0 Å². The van der Waals surface area contributed by atoms with Crippen LogP contribution in [0.4, 0.5) is 26.3 Å². The van der Waals surface area contributed by atoms with Crippen LogP contribution >= 0.6 is 0 Å². The van der Waals surface area contributed by atoms with Gasteiger partial charge in [-0.1, -0.05) is 0 Å². The zero-order chi connectivity index (χ0) is 14.1. The van der Waals surface area contributed by atoms with Crippen molar-refractivity contribution >= 4 is 0 Å². The molecule has 0 radical (unpaired) electrons. The molecule has 0 fully saturated rings. The van der Waals surface area contributed by atoms with Gasteiger partial charge >= 0.3 is 12.4 Å². The van der Waals surface area contributed by atoms with Crippen molar-refractivity contribution in [1.29, 1.82) is 0 Å². The molecule has 18 heavy (non-hydrogen) atoms. The lowest BCUT2D eigenvalue weighted by atomic mass is 10.0. The summed E-state index contributed by atoms with van der Waals surface area (Å²) in [5.41, 5.74) is -2.84. The lowest BCUT2D eigenvalue weighted by Gasteiger charge is -2.17. The highest BCUT2D eigenvalue weighted by atomic mass is 19.4. The molecule has 0 saturated heterocycles. The molecule has 1 atom stereocenters. The van der Waals surface area contributed by atoms with Gasteiger partial charge in [0.05, 0.1) is 17.2 Å². The monoisotopic (exact) mass is 272 g/mol. The van der Waals surface area contributed by atoms with Crippen LogP contribution in [-0.2, 0) is 17.1 Å². The highest BCUT2D eigenvalue weighted by molar-refractivity contribution is 5.34. The van der Waals surface area contributed by atoms with Crippen molar-refractivity contribution < 1.29 is 31.1 Å². The second-order valence-corrected chi connectivity index (χ2v) is 3.72. The van der Waals surface area contributed by atoms with Gasteiger partial charge < -0.3 is 4.74 Å². The van der Waals surface area contributed by atoms with E-state index in [4.69, 9.17) is 4.74 Å². The Morgan fingerprint density at radius 1 is 0.889 bits per heavy atom.